The summed E-state index contributed by atoms with van der Waals surface area (Å²) in [6.07, 6.45) is 1.55. The van der Waals surface area contributed by atoms with Gasteiger partial charge >= 0.3 is 5.97 Å². The number of nitrogens with one attached hydrogen (secondary N) is 1. The first-order valence-electron chi connectivity index (χ1n) is 8.36. The van der Waals surface area contributed by atoms with E-state index in [1.54, 1.807) is 36.1 Å². The fraction of sp³-hybridized carbons (Fsp3) is 0.500. The molecule has 0 unspecified atom stereocenters. The van der Waals surface area contributed by atoms with Crippen LogP contribution in [0.2, 0.25) is 0 Å². The van der Waals surface area contributed by atoms with Crippen LogP contribution in [0.15, 0.2) is 24.3 Å². The Morgan fingerprint density at radius 1 is 1.00 bits per heavy atom. The van der Waals surface area contributed by atoms with Gasteiger partial charge in [-0.3, -0.25) is 9.59 Å². The minimum Gasteiger partial charge on any atom is -0.462 e. The normalized spacial score (nSPS) is 10.1. The number of nitrogens with zero attached hydrogens (tertiary/aromatic N) is 1. The zero-order valence-electron chi connectivity index (χ0n) is 14.6. The number of benzene rings is 1. The van der Waals surface area contributed by atoms with Gasteiger partial charge < -0.3 is 15.0 Å². The van der Waals surface area contributed by atoms with Gasteiger partial charge in [-0.15, -0.1) is 0 Å². The van der Waals surface area contributed by atoms with Crippen LogP contribution in [0.5, 0.6) is 0 Å². The highest BCUT2D eigenvalue weighted by Crippen LogP contribution is 2.11. The van der Waals surface area contributed by atoms with E-state index in [0.717, 1.165) is 12.8 Å². The molecule has 0 bridgehead atoms. The van der Waals surface area contributed by atoms with E-state index in [1.165, 1.54) is 0 Å². The van der Waals surface area contributed by atoms with Gasteiger partial charge in [-0.1, -0.05) is 13.8 Å². The lowest BCUT2D eigenvalue weighted by atomic mass is 10.2. The van der Waals surface area contributed by atoms with Crippen molar-refractivity contribution >= 4 is 23.5 Å². The Balaban J connectivity index is 2.58. The lowest BCUT2D eigenvalue weighted by Crippen LogP contribution is -2.35. The van der Waals surface area contributed by atoms with Crippen molar-refractivity contribution in [1.82, 2.24) is 4.90 Å². The molecule has 1 rings (SSSR count). The molecule has 0 fully saturated rings. The molecule has 6 nitrogen and oxygen atoms in total. The monoisotopic (exact) mass is 334 g/mol. The lowest BCUT2D eigenvalue weighted by molar-refractivity contribution is -0.134. The third-order valence-corrected chi connectivity index (χ3v) is 3.33. The number of carbonyl (C=O) groups is 3. The van der Waals surface area contributed by atoms with Gasteiger partial charge in [-0.05, 0) is 44.0 Å². The maximum atomic E-state index is 12.1. The Morgan fingerprint density at radius 3 is 2.08 bits per heavy atom. The number of amides is 2. The Morgan fingerprint density at radius 2 is 1.58 bits per heavy atom. The van der Waals surface area contributed by atoms with Crippen LogP contribution in [-0.2, 0) is 14.3 Å². The van der Waals surface area contributed by atoms with Crippen LogP contribution in [0.1, 0.15) is 50.4 Å². The molecule has 6 heteroatoms. The summed E-state index contributed by atoms with van der Waals surface area (Å²) in [5.74, 6) is -0.930. The molecule has 0 atom stereocenters. The molecular formula is C18H26N2O4. The van der Waals surface area contributed by atoms with Crippen LogP contribution in [-0.4, -0.2) is 42.4 Å². The second kappa shape index (κ2) is 10.4. The molecule has 24 heavy (non-hydrogen) atoms. The minimum atomic E-state index is -0.402. The van der Waals surface area contributed by atoms with Crippen molar-refractivity contribution in [3.63, 3.8) is 0 Å². The lowest BCUT2D eigenvalue weighted by Gasteiger charge is -2.21. The first-order chi connectivity index (χ1) is 11.5. The average molecular weight is 334 g/mol. The van der Waals surface area contributed by atoms with Gasteiger partial charge in [0.25, 0.3) is 0 Å². The predicted molar refractivity (Wildman–Crippen MR) is 92.8 cm³/mol. The van der Waals surface area contributed by atoms with Crippen LogP contribution in [0.25, 0.3) is 0 Å². The van der Waals surface area contributed by atoms with Crippen molar-refractivity contribution in [3.8, 4) is 0 Å². The summed E-state index contributed by atoms with van der Waals surface area (Å²) in [7, 11) is 0. The molecule has 0 heterocycles. The van der Waals surface area contributed by atoms with Crippen molar-refractivity contribution in [2.24, 2.45) is 0 Å². The molecule has 0 aliphatic carbocycles. The zero-order chi connectivity index (χ0) is 17.9. The van der Waals surface area contributed by atoms with E-state index in [9.17, 15) is 14.4 Å². The number of carbonyl (C=O) groups excluding carboxylic acids is 3. The van der Waals surface area contributed by atoms with Crippen molar-refractivity contribution in [2.75, 3.05) is 25.0 Å². The van der Waals surface area contributed by atoms with Crippen molar-refractivity contribution < 1.29 is 19.1 Å². The van der Waals surface area contributed by atoms with Crippen molar-refractivity contribution in [2.45, 2.75) is 40.0 Å². The molecule has 0 saturated heterocycles. The minimum absolute atomic E-state index is 0.167. The van der Waals surface area contributed by atoms with E-state index in [0.29, 0.717) is 30.9 Å². The van der Waals surface area contributed by atoms with Crippen molar-refractivity contribution in [1.29, 1.82) is 0 Å². The van der Waals surface area contributed by atoms with Gasteiger partial charge in [0.15, 0.2) is 0 Å². The molecular weight excluding hydrogens is 308 g/mol. The van der Waals surface area contributed by atoms with E-state index in [1.807, 2.05) is 13.8 Å². The fourth-order valence-electron chi connectivity index (χ4n) is 2.26. The number of esters is 1. The highest BCUT2D eigenvalue weighted by Gasteiger charge is 2.16. The van der Waals surface area contributed by atoms with Crippen molar-refractivity contribution in [3.05, 3.63) is 29.8 Å². The Labute approximate surface area is 143 Å². The van der Waals surface area contributed by atoms with Crippen LogP contribution in [0, 0.1) is 0 Å². The molecule has 0 aliphatic rings. The number of ether oxygens (including phenoxy) is 1. The number of rotatable bonds is 9. The largest absolute Gasteiger partial charge is 0.462 e. The molecule has 0 radical (unpaired) electrons. The second-order valence-electron chi connectivity index (χ2n) is 5.40. The summed E-state index contributed by atoms with van der Waals surface area (Å²) in [4.78, 5) is 37.4. The van der Waals surface area contributed by atoms with Gasteiger partial charge in [0.1, 0.15) is 6.42 Å². The average Bonchev–Trinajstić information content (AvgIpc) is 2.55. The van der Waals surface area contributed by atoms with Gasteiger partial charge in [0, 0.05) is 18.8 Å². The zero-order valence-corrected chi connectivity index (χ0v) is 14.6. The molecule has 0 aromatic heterocycles. The Kier molecular flexibility index (Phi) is 8.54. The van der Waals surface area contributed by atoms with E-state index >= 15 is 0 Å². The van der Waals surface area contributed by atoms with Gasteiger partial charge in [-0.25, -0.2) is 4.79 Å². The molecule has 0 spiro atoms. The molecule has 1 N–H and O–H groups in total. The molecule has 132 valence electrons. The van der Waals surface area contributed by atoms with E-state index in [2.05, 4.69) is 5.32 Å². The van der Waals surface area contributed by atoms with E-state index < -0.39 is 5.97 Å². The molecule has 1 aromatic rings. The summed E-state index contributed by atoms with van der Waals surface area (Å²) in [6.45, 7) is 7.37. The third kappa shape index (κ3) is 6.40. The topological polar surface area (TPSA) is 75.7 Å². The molecule has 0 aliphatic heterocycles. The first-order valence-corrected chi connectivity index (χ1v) is 8.36. The summed E-state index contributed by atoms with van der Waals surface area (Å²) >= 11 is 0. The summed E-state index contributed by atoms with van der Waals surface area (Å²) in [5, 5.41) is 2.67. The Hall–Kier alpha value is -2.37. The Bertz CT molecular complexity index is 549. The highest BCUT2D eigenvalue weighted by atomic mass is 16.5. The van der Waals surface area contributed by atoms with E-state index in [4.69, 9.17) is 4.74 Å². The van der Waals surface area contributed by atoms with Crippen LogP contribution in [0.4, 0.5) is 5.69 Å². The van der Waals surface area contributed by atoms with Gasteiger partial charge in [-0.2, -0.15) is 0 Å². The fourth-order valence-corrected chi connectivity index (χ4v) is 2.26. The molecule has 1 aromatic carbocycles. The predicted octanol–water partition coefficient (Wildman–Crippen LogP) is 2.84. The van der Waals surface area contributed by atoms with Crippen LogP contribution in [0.3, 0.4) is 0 Å². The maximum absolute atomic E-state index is 12.1. The summed E-state index contributed by atoms with van der Waals surface area (Å²) in [6, 6.07) is 6.39. The molecule has 2 amide bonds. The smallest absolute Gasteiger partial charge is 0.338 e. The third-order valence-electron chi connectivity index (χ3n) is 3.33. The first kappa shape index (κ1) is 19.7. The number of hydrogen-bond acceptors (Lipinski definition) is 4. The number of hydrogen-bond donors (Lipinski definition) is 1. The van der Waals surface area contributed by atoms with Crippen LogP contribution < -0.4 is 5.32 Å². The molecule has 0 saturated carbocycles. The standard InChI is InChI=1S/C18H26N2O4/c1-4-11-20(12-5-2)17(22)13-16(21)19-15-9-7-14(8-10-15)18(23)24-6-3/h7-10H,4-6,11-13H2,1-3H3,(H,19,21). The highest BCUT2D eigenvalue weighted by molar-refractivity contribution is 6.03. The van der Waals surface area contributed by atoms with Crippen LogP contribution >= 0.6 is 0 Å². The summed E-state index contributed by atoms with van der Waals surface area (Å²) < 4.78 is 4.90. The van der Waals surface area contributed by atoms with Gasteiger partial charge in [0.2, 0.25) is 11.8 Å². The maximum Gasteiger partial charge on any atom is 0.338 e. The second-order valence-corrected chi connectivity index (χ2v) is 5.40. The quantitative estimate of drug-likeness (QED) is 0.556. The SMILES string of the molecule is CCCN(CCC)C(=O)CC(=O)Nc1ccc(C(=O)OCC)cc1. The number of anilines is 1. The van der Waals surface area contributed by atoms with Gasteiger partial charge in [0.05, 0.1) is 12.2 Å². The summed E-state index contributed by atoms with van der Waals surface area (Å²) in [5.41, 5.74) is 0.960. The van der Waals surface area contributed by atoms with E-state index in [-0.39, 0.29) is 18.2 Å².